The summed E-state index contributed by atoms with van der Waals surface area (Å²) in [5.74, 6) is 2.28. The fourth-order valence-corrected chi connectivity index (χ4v) is 4.94. The van der Waals surface area contributed by atoms with Gasteiger partial charge < -0.3 is 4.74 Å². The van der Waals surface area contributed by atoms with E-state index in [2.05, 4.69) is 12.2 Å². The Hall–Kier alpha value is -2.10. The van der Waals surface area contributed by atoms with Crippen LogP contribution in [0.25, 0.3) is 0 Å². The van der Waals surface area contributed by atoms with Gasteiger partial charge in [0.05, 0.1) is 24.6 Å². The van der Waals surface area contributed by atoms with Crippen molar-refractivity contribution in [1.82, 2.24) is 0 Å². The van der Waals surface area contributed by atoms with Crippen LogP contribution in [0.3, 0.4) is 0 Å². The number of carbonyl (C=O) groups is 2. The molecule has 112 valence electrons. The second kappa shape index (κ2) is 4.00. The Balaban J connectivity index is 1.54. The quantitative estimate of drug-likeness (QED) is 0.621. The molecule has 6 rings (SSSR count). The number of carbonyl (C=O) groups excluding carboxylic acids is 2. The van der Waals surface area contributed by atoms with E-state index in [4.69, 9.17) is 4.74 Å². The zero-order valence-electron chi connectivity index (χ0n) is 12.3. The normalized spacial score (nSPS) is 40.7. The Morgan fingerprint density at radius 1 is 0.955 bits per heavy atom. The van der Waals surface area contributed by atoms with Crippen LogP contribution in [0.15, 0.2) is 36.4 Å². The minimum absolute atomic E-state index is 0.00938. The first-order chi connectivity index (χ1) is 10.7. The Morgan fingerprint density at radius 3 is 2.00 bits per heavy atom. The van der Waals surface area contributed by atoms with E-state index in [0.717, 1.165) is 5.75 Å². The number of hydrogen-bond donors (Lipinski definition) is 0. The lowest BCUT2D eigenvalue weighted by molar-refractivity contribution is -0.124. The van der Waals surface area contributed by atoms with Crippen LogP contribution in [0.4, 0.5) is 5.69 Å². The fourth-order valence-electron chi connectivity index (χ4n) is 4.94. The van der Waals surface area contributed by atoms with E-state index >= 15 is 0 Å². The van der Waals surface area contributed by atoms with Gasteiger partial charge in [0, 0.05) is 0 Å². The third kappa shape index (κ3) is 1.38. The zero-order chi connectivity index (χ0) is 15.0. The predicted molar refractivity (Wildman–Crippen MR) is 80.2 cm³/mol. The van der Waals surface area contributed by atoms with Crippen LogP contribution in [-0.2, 0) is 9.59 Å². The molecule has 1 heterocycles. The van der Waals surface area contributed by atoms with E-state index in [9.17, 15) is 9.59 Å². The predicted octanol–water partition coefficient (Wildman–Crippen LogP) is 2.25. The molecule has 2 amide bonds. The molecule has 0 spiro atoms. The summed E-state index contributed by atoms with van der Waals surface area (Å²) >= 11 is 0. The molecule has 4 heteroatoms. The van der Waals surface area contributed by atoms with Crippen LogP contribution in [0, 0.1) is 35.5 Å². The van der Waals surface area contributed by atoms with Crippen LogP contribution in [0.1, 0.15) is 6.42 Å². The number of amides is 2. The smallest absolute Gasteiger partial charge is 0.238 e. The van der Waals surface area contributed by atoms with Crippen molar-refractivity contribution >= 4 is 17.5 Å². The van der Waals surface area contributed by atoms with Gasteiger partial charge >= 0.3 is 0 Å². The molecule has 0 N–H and O–H groups in total. The Kier molecular flexibility index (Phi) is 2.26. The number of anilines is 1. The molecular formula is C18H17NO3. The van der Waals surface area contributed by atoms with Crippen molar-refractivity contribution in [3.05, 3.63) is 36.4 Å². The molecule has 2 saturated carbocycles. The van der Waals surface area contributed by atoms with Gasteiger partial charge in [-0.05, 0) is 54.4 Å². The molecule has 1 aromatic carbocycles. The monoisotopic (exact) mass is 295 g/mol. The van der Waals surface area contributed by atoms with E-state index in [0.29, 0.717) is 17.5 Å². The molecule has 5 aliphatic rings. The van der Waals surface area contributed by atoms with Crippen LogP contribution < -0.4 is 9.64 Å². The number of imide groups is 1. The highest BCUT2D eigenvalue weighted by atomic mass is 16.5. The van der Waals surface area contributed by atoms with Crippen LogP contribution in [-0.4, -0.2) is 18.9 Å². The number of nitrogens with zero attached hydrogens (tertiary/aromatic N) is 1. The standard InChI is InChI=1S/C18H17NO3/c1-22-10-4-2-9(3-5-10)19-17(20)15-11-6-7-12(14-8-13(11)14)16(15)18(19)21/h2-7,11-16H,8H2,1H3/t11-,12+,13-,14+,15-,16+. The second-order valence-electron chi connectivity index (χ2n) is 6.86. The van der Waals surface area contributed by atoms with Gasteiger partial charge in [0.25, 0.3) is 0 Å². The maximum absolute atomic E-state index is 12.9. The lowest BCUT2D eigenvalue weighted by atomic mass is 9.63. The summed E-state index contributed by atoms with van der Waals surface area (Å²) in [7, 11) is 1.60. The Labute approximate surface area is 128 Å². The largest absolute Gasteiger partial charge is 0.497 e. The summed E-state index contributed by atoms with van der Waals surface area (Å²) in [6, 6.07) is 7.18. The molecule has 2 bridgehead atoms. The summed E-state index contributed by atoms with van der Waals surface area (Å²) in [4.78, 5) is 27.2. The summed E-state index contributed by atoms with van der Waals surface area (Å²) in [6.07, 6.45) is 5.59. The molecule has 3 fully saturated rings. The summed E-state index contributed by atoms with van der Waals surface area (Å²) in [5.41, 5.74) is 0.665. The van der Waals surface area contributed by atoms with Crippen molar-refractivity contribution in [2.75, 3.05) is 12.0 Å². The highest BCUT2D eigenvalue weighted by Gasteiger charge is 2.67. The van der Waals surface area contributed by atoms with Gasteiger partial charge in [0.1, 0.15) is 5.75 Å². The molecule has 1 aliphatic heterocycles. The van der Waals surface area contributed by atoms with Crippen LogP contribution in [0.2, 0.25) is 0 Å². The Morgan fingerprint density at radius 2 is 1.50 bits per heavy atom. The first-order valence-electron chi connectivity index (χ1n) is 7.91. The summed E-state index contributed by atoms with van der Waals surface area (Å²) in [6.45, 7) is 0. The topological polar surface area (TPSA) is 46.6 Å². The highest BCUT2D eigenvalue weighted by molar-refractivity contribution is 6.22. The van der Waals surface area contributed by atoms with E-state index in [1.54, 1.807) is 31.4 Å². The first-order valence-corrected chi connectivity index (χ1v) is 7.91. The van der Waals surface area contributed by atoms with Gasteiger partial charge in [-0.15, -0.1) is 0 Å². The van der Waals surface area contributed by atoms with E-state index in [1.807, 2.05) is 0 Å². The van der Waals surface area contributed by atoms with Gasteiger partial charge in [0.2, 0.25) is 11.8 Å². The SMILES string of the molecule is COc1ccc(N2C(=O)[C@@H]3[C@@H]4C=C[C@@H]([C@@H]5C[C@H]45)[C@@H]3C2=O)cc1. The molecule has 1 saturated heterocycles. The van der Waals surface area contributed by atoms with Crippen molar-refractivity contribution in [2.45, 2.75) is 6.42 Å². The van der Waals surface area contributed by atoms with Crippen LogP contribution in [0.5, 0.6) is 5.75 Å². The average molecular weight is 295 g/mol. The summed E-state index contributed by atoms with van der Waals surface area (Å²) in [5, 5.41) is 0. The second-order valence-corrected chi connectivity index (χ2v) is 6.86. The molecule has 0 unspecified atom stereocenters. The fraction of sp³-hybridized carbons (Fsp3) is 0.444. The first kappa shape index (κ1) is 12.4. The molecule has 4 aliphatic carbocycles. The molecular weight excluding hydrogens is 278 g/mol. The number of hydrogen-bond acceptors (Lipinski definition) is 3. The maximum Gasteiger partial charge on any atom is 0.238 e. The molecule has 0 radical (unpaired) electrons. The molecule has 1 aromatic rings. The highest BCUT2D eigenvalue weighted by Crippen LogP contribution is 2.65. The molecule has 0 aromatic heterocycles. The Bertz CT molecular complexity index is 672. The van der Waals surface area contributed by atoms with E-state index < -0.39 is 0 Å². The van der Waals surface area contributed by atoms with Crippen molar-refractivity contribution in [1.29, 1.82) is 0 Å². The van der Waals surface area contributed by atoms with E-state index in [-0.39, 0.29) is 35.5 Å². The van der Waals surface area contributed by atoms with Gasteiger partial charge in [-0.25, -0.2) is 0 Å². The maximum atomic E-state index is 12.9. The zero-order valence-corrected chi connectivity index (χ0v) is 12.3. The number of benzene rings is 1. The van der Waals surface area contributed by atoms with Gasteiger partial charge in [-0.3, -0.25) is 14.5 Å². The van der Waals surface area contributed by atoms with Crippen molar-refractivity contribution in [2.24, 2.45) is 35.5 Å². The third-order valence-corrected chi connectivity index (χ3v) is 5.99. The van der Waals surface area contributed by atoms with Gasteiger partial charge in [0.15, 0.2) is 0 Å². The lowest BCUT2D eigenvalue weighted by Gasteiger charge is -2.37. The molecule has 6 atom stereocenters. The third-order valence-electron chi connectivity index (χ3n) is 5.99. The lowest BCUT2D eigenvalue weighted by Crippen LogP contribution is -2.40. The van der Waals surface area contributed by atoms with Crippen LogP contribution >= 0.6 is 0 Å². The minimum Gasteiger partial charge on any atom is -0.497 e. The van der Waals surface area contributed by atoms with Gasteiger partial charge in [-0.2, -0.15) is 0 Å². The molecule has 4 nitrogen and oxygen atoms in total. The number of methoxy groups -OCH3 is 1. The van der Waals surface area contributed by atoms with Gasteiger partial charge in [-0.1, -0.05) is 12.2 Å². The van der Waals surface area contributed by atoms with E-state index in [1.165, 1.54) is 11.3 Å². The van der Waals surface area contributed by atoms with Crippen molar-refractivity contribution < 1.29 is 14.3 Å². The average Bonchev–Trinajstić information content (AvgIpc) is 3.32. The molecule has 22 heavy (non-hydrogen) atoms. The number of rotatable bonds is 2. The van der Waals surface area contributed by atoms with Crippen molar-refractivity contribution in [3.63, 3.8) is 0 Å². The number of ether oxygens (including phenoxy) is 1. The minimum atomic E-state index is -0.131. The summed E-state index contributed by atoms with van der Waals surface area (Å²) < 4.78 is 5.15. The van der Waals surface area contributed by atoms with Crippen molar-refractivity contribution in [3.8, 4) is 5.75 Å². The number of allylic oxidation sites excluding steroid dienone is 2.